The molecule has 1 aromatic carbocycles. The fourth-order valence-electron chi connectivity index (χ4n) is 2.87. The van der Waals surface area contributed by atoms with Gasteiger partial charge in [-0.3, -0.25) is 9.59 Å². The molecule has 0 aliphatic rings. The summed E-state index contributed by atoms with van der Waals surface area (Å²) in [6.07, 6.45) is 1.26. The highest BCUT2D eigenvalue weighted by Crippen LogP contribution is 2.34. The van der Waals surface area contributed by atoms with Gasteiger partial charge < -0.3 is 20.7 Å². The van der Waals surface area contributed by atoms with Crippen LogP contribution in [0.2, 0.25) is 0 Å². The van der Waals surface area contributed by atoms with Crippen LogP contribution in [0.1, 0.15) is 69.9 Å². The first-order valence-corrected chi connectivity index (χ1v) is 10.3. The van der Waals surface area contributed by atoms with E-state index in [0.717, 1.165) is 37.2 Å². The number of ether oxygens (including phenoxy) is 1. The SMILES string of the molecule is CNCCCNCCNC(=O)CCC(=O)Oc1c(C(C)C)cccc1C(C)C. The van der Waals surface area contributed by atoms with Crippen molar-refractivity contribution in [3.63, 3.8) is 0 Å². The fraction of sp³-hybridized carbons (Fsp3) is 0.636. The maximum atomic E-state index is 12.3. The Labute approximate surface area is 169 Å². The lowest BCUT2D eigenvalue weighted by Crippen LogP contribution is -2.33. The third-order valence-corrected chi connectivity index (χ3v) is 4.50. The standard InChI is InChI=1S/C22H37N3O3/c1-16(2)18-8-6-9-19(17(3)4)22(18)28-21(27)11-10-20(26)25-15-14-24-13-7-12-23-5/h6,8-9,16-17,23-24H,7,10-15H2,1-5H3,(H,25,26). The predicted molar refractivity (Wildman–Crippen MR) is 114 cm³/mol. The zero-order valence-corrected chi connectivity index (χ0v) is 18.1. The van der Waals surface area contributed by atoms with Gasteiger partial charge in [-0.05, 0) is 49.5 Å². The quantitative estimate of drug-likeness (QED) is 0.274. The van der Waals surface area contributed by atoms with Gasteiger partial charge in [0, 0.05) is 19.5 Å². The molecule has 0 aliphatic heterocycles. The lowest BCUT2D eigenvalue weighted by molar-refractivity contribution is -0.136. The summed E-state index contributed by atoms with van der Waals surface area (Å²) in [6.45, 7) is 11.5. The van der Waals surface area contributed by atoms with Gasteiger partial charge in [-0.15, -0.1) is 0 Å². The molecule has 0 bridgehead atoms. The lowest BCUT2D eigenvalue weighted by atomic mass is 9.94. The number of carbonyl (C=O) groups is 2. The van der Waals surface area contributed by atoms with Crippen molar-refractivity contribution in [2.75, 3.05) is 33.2 Å². The van der Waals surface area contributed by atoms with Gasteiger partial charge in [0.05, 0.1) is 6.42 Å². The van der Waals surface area contributed by atoms with Crippen LogP contribution in [0.25, 0.3) is 0 Å². The van der Waals surface area contributed by atoms with Crippen molar-refractivity contribution in [3.8, 4) is 5.75 Å². The lowest BCUT2D eigenvalue weighted by Gasteiger charge is -2.18. The molecular formula is C22H37N3O3. The molecule has 0 atom stereocenters. The van der Waals surface area contributed by atoms with Gasteiger partial charge in [0.1, 0.15) is 5.75 Å². The van der Waals surface area contributed by atoms with Crippen molar-refractivity contribution in [2.24, 2.45) is 0 Å². The van der Waals surface area contributed by atoms with Crippen LogP contribution >= 0.6 is 0 Å². The summed E-state index contributed by atoms with van der Waals surface area (Å²) < 4.78 is 5.69. The van der Waals surface area contributed by atoms with Gasteiger partial charge in [0.15, 0.2) is 0 Å². The van der Waals surface area contributed by atoms with Crippen LogP contribution in [0.4, 0.5) is 0 Å². The molecule has 0 saturated heterocycles. The second-order valence-electron chi connectivity index (χ2n) is 7.61. The Morgan fingerprint density at radius 1 is 0.929 bits per heavy atom. The zero-order valence-electron chi connectivity index (χ0n) is 18.1. The summed E-state index contributed by atoms with van der Waals surface area (Å²) >= 11 is 0. The van der Waals surface area contributed by atoms with Crippen molar-refractivity contribution in [2.45, 2.75) is 58.8 Å². The van der Waals surface area contributed by atoms with E-state index in [9.17, 15) is 9.59 Å². The van der Waals surface area contributed by atoms with Crippen molar-refractivity contribution in [3.05, 3.63) is 29.3 Å². The number of rotatable bonds is 13. The molecule has 28 heavy (non-hydrogen) atoms. The fourth-order valence-corrected chi connectivity index (χ4v) is 2.87. The van der Waals surface area contributed by atoms with Crippen molar-refractivity contribution in [1.82, 2.24) is 16.0 Å². The molecule has 0 fully saturated rings. The topological polar surface area (TPSA) is 79.5 Å². The first kappa shape index (κ1) is 24.1. The summed E-state index contributed by atoms with van der Waals surface area (Å²) in [5.41, 5.74) is 2.04. The molecule has 0 unspecified atom stereocenters. The highest BCUT2D eigenvalue weighted by molar-refractivity contribution is 5.82. The molecule has 6 nitrogen and oxygen atoms in total. The van der Waals surface area contributed by atoms with E-state index in [1.807, 2.05) is 25.2 Å². The number of benzene rings is 1. The van der Waals surface area contributed by atoms with Crippen LogP contribution < -0.4 is 20.7 Å². The van der Waals surface area contributed by atoms with E-state index < -0.39 is 0 Å². The van der Waals surface area contributed by atoms with Crippen LogP contribution in [-0.4, -0.2) is 45.1 Å². The Morgan fingerprint density at radius 2 is 1.57 bits per heavy atom. The van der Waals surface area contributed by atoms with Gasteiger partial charge in [-0.25, -0.2) is 0 Å². The summed E-state index contributed by atoms with van der Waals surface area (Å²) in [4.78, 5) is 24.3. The van der Waals surface area contributed by atoms with E-state index in [0.29, 0.717) is 12.3 Å². The average molecular weight is 392 g/mol. The van der Waals surface area contributed by atoms with Crippen LogP contribution in [0.5, 0.6) is 5.75 Å². The second-order valence-corrected chi connectivity index (χ2v) is 7.61. The van der Waals surface area contributed by atoms with Gasteiger partial charge in [0.25, 0.3) is 0 Å². The number of para-hydroxylation sites is 1. The van der Waals surface area contributed by atoms with E-state index in [4.69, 9.17) is 4.74 Å². The summed E-state index contributed by atoms with van der Waals surface area (Å²) in [5.74, 6) is 0.671. The van der Waals surface area contributed by atoms with Crippen LogP contribution in [0.3, 0.4) is 0 Å². The molecule has 3 N–H and O–H groups in total. The molecule has 1 rings (SSSR count). The molecule has 0 spiro atoms. The van der Waals surface area contributed by atoms with E-state index in [1.165, 1.54) is 0 Å². The number of amides is 1. The smallest absolute Gasteiger partial charge is 0.311 e. The maximum Gasteiger partial charge on any atom is 0.311 e. The number of nitrogens with one attached hydrogen (secondary N) is 3. The minimum Gasteiger partial charge on any atom is -0.426 e. The van der Waals surface area contributed by atoms with Crippen LogP contribution in [0.15, 0.2) is 18.2 Å². The highest BCUT2D eigenvalue weighted by atomic mass is 16.5. The molecule has 1 amide bonds. The van der Waals surface area contributed by atoms with Gasteiger partial charge in [-0.2, -0.15) is 0 Å². The monoisotopic (exact) mass is 391 g/mol. The second kappa shape index (κ2) is 13.3. The Morgan fingerprint density at radius 3 is 2.14 bits per heavy atom. The van der Waals surface area contributed by atoms with Crippen molar-refractivity contribution >= 4 is 11.9 Å². The zero-order chi connectivity index (χ0) is 20.9. The third kappa shape index (κ3) is 8.85. The third-order valence-electron chi connectivity index (χ3n) is 4.50. The van der Waals surface area contributed by atoms with Crippen molar-refractivity contribution in [1.29, 1.82) is 0 Å². The minimum absolute atomic E-state index is 0.0748. The van der Waals surface area contributed by atoms with E-state index in [-0.39, 0.29) is 36.6 Å². The van der Waals surface area contributed by atoms with Crippen LogP contribution in [-0.2, 0) is 9.59 Å². The number of hydrogen-bond donors (Lipinski definition) is 3. The van der Waals surface area contributed by atoms with Gasteiger partial charge in [-0.1, -0.05) is 45.9 Å². The number of esters is 1. The molecule has 0 radical (unpaired) electrons. The molecule has 0 aliphatic carbocycles. The minimum atomic E-state index is -0.365. The first-order chi connectivity index (χ1) is 13.4. The highest BCUT2D eigenvalue weighted by Gasteiger charge is 2.18. The summed E-state index contributed by atoms with van der Waals surface area (Å²) in [5, 5.41) is 9.17. The largest absolute Gasteiger partial charge is 0.426 e. The molecule has 0 saturated carbocycles. The summed E-state index contributed by atoms with van der Waals surface area (Å²) in [6, 6.07) is 5.99. The van der Waals surface area contributed by atoms with E-state index in [1.54, 1.807) is 0 Å². The Kier molecular flexibility index (Phi) is 11.4. The molecule has 158 valence electrons. The normalized spacial score (nSPS) is 11.1. The number of hydrogen-bond acceptors (Lipinski definition) is 5. The summed E-state index contributed by atoms with van der Waals surface area (Å²) in [7, 11) is 1.93. The average Bonchev–Trinajstić information content (AvgIpc) is 2.65. The van der Waals surface area contributed by atoms with Crippen molar-refractivity contribution < 1.29 is 14.3 Å². The molecule has 1 aromatic rings. The number of carbonyl (C=O) groups excluding carboxylic acids is 2. The van der Waals surface area contributed by atoms with Gasteiger partial charge in [0.2, 0.25) is 5.91 Å². The van der Waals surface area contributed by atoms with E-state index in [2.05, 4.69) is 43.6 Å². The Hall–Kier alpha value is -1.92. The Bertz CT molecular complexity index is 589. The first-order valence-electron chi connectivity index (χ1n) is 10.3. The van der Waals surface area contributed by atoms with Gasteiger partial charge >= 0.3 is 5.97 Å². The predicted octanol–water partition coefficient (Wildman–Crippen LogP) is 2.93. The van der Waals surface area contributed by atoms with E-state index >= 15 is 0 Å². The molecular weight excluding hydrogens is 354 g/mol. The Balaban J connectivity index is 2.43. The van der Waals surface area contributed by atoms with Crippen LogP contribution in [0, 0.1) is 0 Å². The maximum absolute atomic E-state index is 12.3. The molecule has 6 heteroatoms. The molecule has 0 heterocycles. The molecule has 0 aromatic heterocycles.